The lowest BCUT2D eigenvalue weighted by Crippen LogP contribution is -2.41. The Morgan fingerprint density at radius 2 is 2.00 bits per heavy atom. The summed E-state index contributed by atoms with van der Waals surface area (Å²) in [6.45, 7) is 3.46. The minimum Gasteiger partial charge on any atom is -0.370 e. The summed E-state index contributed by atoms with van der Waals surface area (Å²) in [5.41, 5.74) is 0.749. The zero-order valence-corrected chi connectivity index (χ0v) is 16.0. The molecule has 148 valence electrons. The zero-order valence-electron chi connectivity index (χ0n) is 16.0. The molecule has 0 N–H and O–H groups in total. The van der Waals surface area contributed by atoms with Crippen molar-refractivity contribution in [3.8, 4) is 0 Å². The second-order valence-corrected chi connectivity index (χ2v) is 7.77. The van der Waals surface area contributed by atoms with E-state index in [1.54, 1.807) is 11.0 Å². The molecular formula is C21H29FN2O3. The Hall–Kier alpha value is -1.95. The molecule has 5 nitrogen and oxygen atoms in total. The SMILES string of the molecule is CC(=O)N1CC(=O)N(CC2CCCCC2)CC(OCc2cccc(F)c2)C1. The van der Waals surface area contributed by atoms with Crippen molar-refractivity contribution in [1.29, 1.82) is 0 Å². The normalized spacial score (nSPS) is 22.0. The molecule has 2 aliphatic rings. The number of amides is 2. The van der Waals surface area contributed by atoms with Gasteiger partial charge in [-0.1, -0.05) is 31.4 Å². The Kier molecular flexibility index (Phi) is 6.83. The molecule has 1 unspecified atom stereocenters. The van der Waals surface area contributed by atoms with Gasteiger partial charge in [0.05, 0.1) is 19.3 Å². The summed E-state index contributed by atoms with van der Waals surface area (Å²) in [6, 6.07) is 6.32. The first-order chi connectivity index (χ1) is 13.0. The lowest BCUT2D eigenvalue weighted by Gasteiger charge is -2.30. The molecule has 0 aromatic heterocycles. The van der Waals surface area contributed by atoms with E-state index in [1.807, 2.05) is 11.0 Å². The Morgan fingerprint density at radius 1 is 1.22 bits per heavy atom. The van der Waals surface area contributed by atoms with Crippen molar-refractivity contribution in [1.82, 2.24) is 9.80 Å². The summed E-state index contributed by atoms with van der Waals surface area (Å²) >= 11 is 0. The topological polar surface area (TPSA) is 49.9 Å². The van der Waals surface area contributed by atoms with E-state index in [0.717, 1.165) is 24.9 Å². The minimum absolute atomic E-state index is 0.00682. The molecule has 0 radical (unpaired) electrons. The van der Waals surface area contributed by atoms with Crippen LogP contribution in [0.5, 0.6) is 0 Å². The van der Waals surface area contributed by atoms with Crippen molar-refractivity contribution < 1.29 is 18.7 Å². The molecule has 1 atom stereocenters. The lowest BCUT2D eigenvalue weighted by molar-refractivity contribution is -0.137. The molecular weight excluding hydrogens is 347 g/mol. The van der Waals surface area contributed by atoms with Gasteiger partial charge in [0, 0.05) is 26.6 Å². The predicted octanol–water partition coefficient (Wildman–Crippen LogP) is 2.98. The third-order valence-electron chi connectivity index (χ3n) is 5.55. The fraction of sp³-hybridized carbons (Fsp3) is 0.619. The molecule has 1 aliphatic heterocycles. The van der Waals surface area contributed by atoms with Gasteiger partial charge in [-0.3, -0.25) is 9.59 Å². The number of halogens is 1. The average molecular weight is 376 g/mol. The van der Waals surface area contributed by atoms with E-state index >= 15 is 0 Å². The van der Waals surface area contributed by atoms with Gasteiger partial charge in [0.2, 0.25) is 11.8 Å². The summed E-state index contributed by atoms with van der Waals surface area (Å²) in [6.07, 6.45) is 5.79. The number of carbonyl (C=O) groups excluding carboxylic acids is 2. The van der Waals surface area contributed by atoms with Crippen LogP contribution in [-0.2, 0) is 20.9 Å². The van der Waals surface area contributed by atoms with Crippen LogP contribution in [0.1, 0.15) is 44.6 Å². The highest BCUT2D eigenvalue weighted by Crippen LogP contribution is 2.25. The molecule has 0 bridgehead atoms. The van der Waals surface area contributed by atoms with Gasteiger partial charge in [-0.15, -0.1) is 0 Å². The third kappa shape index (κ3) is 5.76. The maximum absolute atomic E-state index is 13.4. The second kappa shape index (κ2) is 9.31. The quantitative estimate of drug-likeness (QED) is 0.794. The summed E-state index contributed by atoms with van der Waals surface area (Å²) < 4.78 is 19.4. The van der Waals surface area contributed by atoms with Crippen molar-refractivity contribution in [3.63, 3.8) is 0 Å². The van der Waals surface area contributed by atoms with Gasteiger partial charge in [0.25, 0.3) is 0 Å². The van der Waals surface area contributed by atoms with Crippen LogP contribution in [0.4, 0.5) is 4.39 Å². The smallest absolute Gasteiger partial charge is 0.242 e. The van der Waals surface area contributed by atoms with Gasteiger partial charge in [-0.05, 0) is 36.5 Å². The molecule has 1 saturated carbocycles. The molecule has 6 heteroatoms. The monoisotopic (exact) mass is 376 g/mol. The fourth-order valence-electron chi connectivity index (χ4n) is 4.02. The molecule has 1 aromatic rings. The van der Waals surface area contributed by atoms with Gasteiger partial charge in [-0.25, -0.2) is 4.39 Å². The summed E-state index contributed by atoms with van der Waals surface area (Å²) in [7, 11) is 0. The van der Waals surface area contributed by atoms with Gasteiger partial charge < -0.3 is 14.5 Å². The van der Waals surface area contributed by atoms with Crippen molar-refractivity contribution in [2.45, 2.75) is 51.7 Å². The molecule has 2 amide bonds. The number of benzene rings is 1. The lowest BCUT2D eigenvalue weighted by atomic mass is 9.89. The van der Waals surface area contributed by atoms with E-state index < -0.39 is 0 Å². The number of carbonyl (C=O) groups is 2. The molecule has 1 aromatic carbocycles. The summed E-state index contributed by atoms with van der Waals surface area (Å²) in [4.78, 5) is 28.0. The van der Waals surface area contributed by atoms with Crippen LogP contribution in [-0.4, -0.2) is 53.9 Å². The first kappa shape index (κ1) is 19.8. The van der Waals surface area contributed by atoms with E-state index in [1.165, 1.54) is 38.3 Å². The second-order valence-electron chi connectivity index (χ2n) is 7.77. The number of ether oxygens (including phenoxy) is 1. The Morgan fingerprint density at radius 3 is 2.70 bits per heavy atom. The van der Waals surface area contributed by atoms with E-state index in [-0.39, 0.29) is 36.9 Å². The van der Waals surface area contributed by atoms with Gasteiger partial charge in [0.1, 0.15) is 5.82 Å². The minimum atomic E-state index is -0.295. The molecule has 1 saturated heterocycles. The number of hydrogen-bond donors (Lipinski definition) is 0. The van der Waals surface area contributed by atoms with Crippen LogP contribution in [0.3, 0.4) is 0 Å². The van der Waals surface area contributed by atoms with Crippen molar-refractivity contribution in [2.75, 3.05) is 26.2 Å². The van der Waals surface area contributed by atoms with Gasteiger partial charge in [0.15, 0.2) is 0 Å². The predicted molar refractivity (Wildman–Crippen MR) is 100 cm³/mol. The van der Waals surface area contributed by atoms with Crippen LogP contribution in [0.15, 0.2) is 24.3 Å². The van der Waals surface area contributed by atoms with E-state index in [0.29, 0.717) is 19.0 Å². The number of rotatable bonds is 5. The van der Waals surface area contributed by atoms with Gasteiger partial charge in [-0.2, -0.15) is 0 Å². The third-order valence-corrected chi connectivity index (χ3v) is 5.55. The Labute approximate surface area is 160 Å². The largest absolute Gasteiger partial charge is 0.370 e. The maximum Gasteiger partial charge on any atom is 0.242 e. The van der Waals surface area contributed by atoms with Gasteiger partial charge >= 0.3 is 0 Å². The number of hydrogen-bond acceptors (Lipinski definition) is 3. The van der Waals surface area contributed by atoms with E-state index in [4.69, 9.17) is 4.74 Å². The highest BCUT2D eigenvalue weighted by atomic mass is 19.1. The van der Waals surface area contributed by atoms with Crippen LogP contribution in [0.2, 0.25) is 0 Å². The van der Waals surface area contributed by atoms with Crippen LogP contribution in [0, 0.1) is 11.7 Å². The van der Waals surface area contributed by atoms with Crippen molar-refractivity contribution >= 4 is 11.8 Å². The van der Waals surface area contributed by atoms with Crippen LogP contribution < -0.4 is 0 Å². The number of nitrogens with zero attached hydrogens (tertiary/aromatic N) is 2. The molecule has 0 spiro atoms. The first-order valence-electron chi connectivity index (χ1n) is 9.90. The van der Waals surface area contributed by atoms with E-state index in [2.05, 4.69) is 0 Å². The van der Waals surface area contributed by atoms with Crippen LogP contribution in [0.25, 0.3) is 0 Å². The van der Waals surface area contributed by atoms with Crippen molar-refractivity contribution in [3.05, 3.63) is 35.6 Å². The molecule has 3 rings (SSSR count). The molecule has 2 fully saturated rings. The maximum atomic E-state index is 13.4. The summed E-state index contributed by atoms with van der Waals surface area (Å²) in [5, 5.41) is 0. The highest BCUT2D eigenvalue weighted by molar-refractivity contribution is 5.84. The van der Waals surface area contributed by atoms with Crippen LogP contribution >= 0.6 is 0 Å². The summed E-state index contributed by atoms with van der Waals surface area (Å²) in [5.74, 6) is 0.113. The first-order valence-corrected chi connectivity index (χ1v) is 9.90. The highest BCUT2D eigenvalue weighted by Gasteiger charge is 2.31. The fourth-order valence-corrected chi connectivity index (χ4v) is 4.02. The Bertz CT molecular complexity index is 661. The van der Waals surface area contributed by atoms with E-state index in [9.17, 15) is 14.0 Å². The van der Waals surface area contributed by atoms with Crippen molar-refractivity contribution in [2.24, 2.45) is 5.92 Å². The Balaban J connectivity index is 1.65. The zero-order chi connectivity index (χ0) is 19.2. The standard InChI is InChI=1S/C21H29FN2O3/c1-16(25)23-12-20(27-15-18-8-5-9-19(22)10-18)13-24(21(26)14-23)11-17-6-3-2-4-7-17/h5,8-10,17,20H,2-4,6-7,11-15H2,1H3. The molecule has 1 heterocycles. The average Bonchev–Trinajstić information content (AvgIpc) is 2.80. The molecule has 27 heavy (non-hydrogen) atoms. The molecule has 1 aliphatic carbocycles.